The first-order valence-corrected chi connectivity index (χ1v) is 8.85. The summed E-state index contributed by atoms with van der Waals surface area (Å²) in [6.07, 6.45) is 11.8. The average molecular weight is 305 g/mol. The van der Waals surface area contributed by atoms with E-state index in [0.29, 0.717) is 5.92 Å². The van der Waals surface area contributed by atoms with Crippen LogP contribution in [0.25, 0.3) is 0 Å². The van der Waals surface area contributed by atoms with E-state index in [4.69, 9.17) is 23.2 Å². The monoisotopic (exact) mass is 304 g/mol. The molecule has 0 unspecified atom stereocenters. The van der Waals surface area contributed by atoms with Crippen molar-refractivity contribution in [1.29, 1.82) is 0 Å². The van der Waals surface area contributed by atoms with Gasteiger partial charge in [0.05, 0.1) is 0 Å². The third-order valence-electron chi connectivity index (χ3n) is 4.54. The lowest BCUT2D eigenvalue weighted by Gasteiger charge is -2.22. The van der Waals surface area contributed by atoms with Crippen LogP contribution in [-0.4, -0.2) is 4.33 Å². The second-order valence-electron chi connectivity index (χ2n) is 5.95. The maximum atomic E-state index is 6.72. The van der Waals surface area contributed by atoms with E-state index < -0.39 is 4.33 Å². The molecule has 0 heterocycles. The zero-order valence-corrected chi connectivity index (χ0v) is 14.6. The van der Waals surface area contributed by atoms with Gasteiger partial charge in [-0.1, -0.05) is 65.0 Å². The molecule has 112 valence electrons. The van der Waals surface area contributed by atoms with Gasteiger partial charge >= 0.3 is 0 Å². The van der Waals surface area contributed by atoms with Gasteiger partial charge in [-0.2, -0.15) is 0 Å². The van der Waals surface area contributed by atoms with Crippen LogP contribution in [0, 0.1) is 11.3 Å². The van der Waals surface area contributed by atoms with Crippen LogP contribution < -0.4 is 0 Å². The molecule has 0 aromatic heterocycles. The predicted octanol–water partition coefficient (Wildman–Crippen LogP) is 6.90. The molecule has 0 nitrogen and oxygen atoms in total. The van der Waals surface area contributed by atoms with E-state index in [9.17, 15) is 0 Å². The van der Waals surface area contributed by atoms with Crippen molar-refractivity contribution < 1.29 is 0 Å². The number of hydrogen-bond acceptors (Lipinski definition) is 0. The molecule has 0 aromatic carbocycles. The molecule has 1 aliphatic rings. The summed E-state index contributed by atoms with van der Waals surface area (Å²) in [6.45, 7) is 8.96. The smallest absolute Gasteiger partial charge is 0.100 e. The molecule has 0 bridgehead atoms. The summed E-state index contributed by atoms with van der Waals surface area (Å²) in [5.74, 6) is 0.461. The van der Waals surface area contributed by atoms with E-state index in [1.807, 2.05) is 0 Å². The molecule has 0 aliphatic heterocycles. The molecule has 1 saturated carbocycles. The highest BCUT2D eigenvalue weighted by Crippen LogP contribution is 2.76. The molecular formula is C17H30Cl2. The summed E-state index contributed by atoms with van der Waals surface area (Å²) >= 11 is 13.4. The molecule has 1 aliphatic carbocycles. The van der Waals surface area contributed by atoms with E-state index in [0.717, 1.165) is 32.1 Å². The van der Waals surface area contributed by atoms with Crippen LogP contribution in [0.2, 0.25) is 0 Å². The highest BCUT2D eigenvalue weighted by Gasteiger charge is 2.74. The van der Waals surface area contributed by atoms with Crippen molar-refractivity contribution in [2.45, 2.75) is 83.4 Å². The van der Waals surface area contributed by atoms with Crippen LogP contribution >= 0.6 is 23.2 Å². The molecule has 0 amide bonds. The fourth-order valence-electron chi connectivity index (χ4n) is 3.68. The van der Waals surface area contributed by atoms with Gasteiger partial charge in [0.25, 0.3) is 0 Å². The van der Waals surface area contributed by atoms with Crippen LogP contribution in [0.3, 0.4) is 0 Å². The minimum Gasteiger partial charge on any atom is -0.100 e. The number of rotatable bonds is 9. The molecule has 2 atom stereocenters. The number of unbranched alkanes of at least 4 members (excludes halogenated alkanes) is 1. The van der Waals surface area contributed by atoms with Crippen LogP contribution in [-0.2, 0) is 0 Å². The fourth-order valence-corrected chi connectivity index (χ4v) is 4.85. The topological polar surface area (TPSA) is 0 Å². The third-order valence-corrected chi connectivity index (χ3v) is 5.74. The lowest BCUT2D eigenvalue weighted by molar-refractivity contribution is 0.446. The van der Waals surface area contributed by atoms with Crippen LogP contribution in [0.1, 0.15) is 79.1 Å². The summed E-state index contributed by atoms with van der Waals surface area (Å²) < 4.78 is -0.520. The van der Waals surface area contributed by atoms with Gasteiger partial charge in [0.15, 0.2) is 0 Å². The molecule has 0 radical (unpaired) electrons. The summed E-state index contributed by atoms with van der Waals surface area (Å²) in [7, 11) is 0. The first-order chi connectivity index (χ1) is 9.02. The second kappa shape index (κ2) is 7.36. The Kier molecular flexibility index (Phi) is 6.73. The van der Waals surface area contributed by atoms with Crippen LogP contribution in [0.5, 0.6) is 0 Å². The van der Waals surface area contributed by atoms with E-state index in [-0.39, 0.29) is 5.41 Å². The van der Waals surface area contributed by atoms with Gasteiger partial charge in [0, 0.05) is 11.3 Å². The SMILES string of the molecule is CCC/C=C(\CCC)[C@@]1(CCC)[C@H](CCC)C1(Cl)Cl. The molecular weight excluding hydrogens is 275 g/mol. The third kappa shape index (κ3) is 3.16. The number of allylic oxidation sites excluding steroid dienone is 2. The molecule has 1 rings (SSSR count). The van der Waals surface area contributed by atoms with Crippen molar-refractivity contribution in [1.82, 2.24) is 0 Å². The standard InChI is InChI=1S/C17H30Cl2/c1-5-9-12-14(10-6-2)16(13-8-4)15(11-7-3)17(16,18)19/h12,15H,5-11,13H2,1-4H3/b14-12+/t15-,16-/m0/s1. The largest absolute Gasteiger partial charge is 0.131 e. The Labute approximate surface area is 129 Å². The molecule has 0 spiro atoms. The Hall–Kier alpha value is 0.320. The summed E-state index contributed by atoms with van der Waals surface area (Å²) in [5.41, 5.74) is 1.62. The van der Waals surface area contributed by atoms with Crippen molar-refractivity contribution in [2.75, 3.05) is 0 Å². The van der Waals surface area contributed by atoms with Crippen molar-refractivity contribution in [2.24, 2.45) is 11.3 Å². The van der Waals surface area contributed by atoms with E-state index >= 15 is 0 Å². The first kappa shape index (κ1) is 17.4. The molecule has 0 aromatic rings. The molecule has 0 saturated heterocycles. The predicted molar refractivity (Wildman–Crippen MR) is 88.1 cm³/mol. The zero-order chi connectivity index (χ0) is 14.5. The van der Waals surface area contributed by atoms with Crippen LogP contribution in [0.15, 0.2) is 11.6 Å². The number of halogens is 2. The first-order valence-electron chi connectivity index (χ1n) is 8.10. The Morgan fingerprint density at radius 1 is 1.00 bits per heavy atom. The Balaban J connectivity index is 3.04. The van der Waals surface area contributed by atoms with Gasteiger partial charge in [-0.25, -0.2) is 0 Å². The van der Waals surface area contributed by atoms with Gasteiger partial charge in [0.1, 0.15) is 4.33 Å². The number of alkyl halides is 2. The summed E-state index contributed by atoms with van der Waals surface area (Å²) in [5, 5.41) is 0. The van der Waals surface area contributed by atoms with Crippen molar-refractivity contribution >= 4 is 23.2 Å². The van der Waals surface area contributed by atoms with Crippen molar-refractivity contribution in [3.05, 3.63) is 11.6 Å². The highest BCUT2D eigenvalue weighted by molar-refractivity contribution is 6.52. The maximum Gasteiger partial charge on any atom is 0.131 e. The highest BCUT2D eigenvalue weighted by atomic mass is 35.5. The summed E-state index contributed by atoms with van der Waals surface area (Å²) in [6, 6.07) is 0. The average Bonchev–Trinajstić information content (AvgIpc) is 2.83. The second-order valence-corrected chi connectivity index (χ2v) is 7.34. The molecule has 1 fully saturated rings. The number of hydrogen-bond donors (Lipinski definition) is 0. The zero-order valence-electron chi connectivity index (χ0n) is 13.1. The van der Waals surface area contributed by atoms with E-state index in [2.05, 4.69) is 33.8 Å². The van der Waals surface area contributed by atoms with E-state index in [1.54, 1.807) is 5.57 Å². The van der Waals surface area contributed by atoms with Crippen molar-refractivity contribution in [3.8, 4) is 0 Å². The van der Waals surface area contributed by atoms with Gasteiger partial charge < -0.3 is 0 Å². The van der Waals surface area contributed by atoms with Crippen LogP contribution in [0.4, 0.5) is 0 Å². The minimum absolute atomic E-state index is 0.0754. The van der Waals surface area contributed by atoms with E-state index in [1.165, 1.54) is 19.3 Å². The lowest BCUT2D eigenvalue weighted by Crippen LogP contribution is -2.14. The van der Waals surface area contributed by atoms with Gasteiger partial charge in [0.2, 0.25) is 0 Å². The normalized spacial score (nSPS) is 29.6. The fraction of sp³-hybridized carbons (Fsp3) is 0.882. The quantitative estimate of drug-likeness (QED) is 0.321. The molecule has 2 heteroatoms. The Morgan fingerprint density at radius 3 is 2.16 bits per heavy atom. The van der Waals surface area contributed by atoms with Gasteiger partial charge in [-0.3, -0.25) is 0 Å². The maximum absolute atomic E-state index is 6.72. The molecule has 19 heavy (non-hydrogen) atoms. The van der Waals surface area contributed by atoms with Gasteiger partial charge in [-0.15, -0.1) is 23.2 Å². The molecule has 0 N–H and O–H groups in total. The Bertz CT molecular complexity index is 306. The Morgan fingerprint density at radius 2 is 1.68 bits per heavy atom. The lowest BCUT2D eigenvalue weighted by atomic mass is 9.84. The minimum atomic E-state index is -0.520. The van der Waals surface area contributed by atoms with Crippen molar-refractivity contribution in [3.63, 3.8) is 0 Å². The summed E-state index contributed by atoms with van der Waals surface area (Å²) in [4.78, 5) is 0. The van der Waals surface area contributed by atoms with Gasteiger partial charge in [-0.05, 0) is 25.7 Å².